The van der Waals surface area contributed by atoms with E-state index in [-0.39, 0.29) is 18.7 Å². The van der Waals surface area contributed by atoms with E-state index in [9.17, 15) is 9.90 Å². The predicted molar refractivity (Wildman–Crippen MR) is 157 cm³/mol. The van der Waals surface area contributed by atoms with Crippen LogP contribution in [0.5, 0.6) is 11.5 Å². The normalized spacial score (nSPS) is 17.9. The molecule has 4 rings (SSSR count). The van der Waals surface area contributed by atoms with Gasteiger partial charge in [0.05, 0.1) is 24.9 Å². The first-order chi connectivity index (χ1) is 19.2. The highest BCUT2D eigenvalue weighted by Crippen LogP contribution is 2.43. The molecule has 0 spiro atoms. The van der Waals surface area contributed by atoms with Crippen LogP contribution in [0.2, 0.25) is 0 Å². The number of aliphatic hydroxyl groups excluding tert-OH is 1. The summed E-state index contributed by atoms with van der Waals surface area (Å²) in [6, 6.07) is 24.8. The van der Waals surface area contributed by atoms with Crippen molar-refractivity contribution in [1.82, 2.24) is 10.6 Å². The van der Waals surface area contributed by atoms with E-state index in [1.807, 2.05) is 99.6 Å². The SMILES string of the molecule is C=CCOC1CC(NC[C@@H](O)[C@H](Cc2ccccc2)NC(=O)OC(C)(C)C)c2cc(Oc3ccccc3)ccc21. The van der Waals surface area contributed by atoms with Crippen LogP contribution in [-0.2, 0) is 15.9 Å². The van der Waals surface area contributed by atoms with Gasteiger partial charge in [0, 0.05) is 12.6 Å². The smallest absolute Gasteiger partial charge is 0.407 e. The summed E-state index contributed by atoms with van der Waals surface area (Å²) in [7, 11) is 0. The maximum atomic E-state index is 12.6. The van der Waals surface area contributed by atoms with Crippen LogP contribution in [0, 0.1) is 0 Å². The largest absolute Gasteiger partial charge is 0.457 e. The van der Waals surface area contributed by atoms with E-state index >= 15 is 0 Å². The number of hydrogen-bond acceptors (Lipinski definition) is 6. The molecule has 4 atom stereocenters. The van der Waals surface area contributed by atoms with E-state index in [0.29, 0.717) is 19.4 Å². The number of hydrogen-bond donors (Lipinski definition) is 3. The van der Waals surface area contributed by atoms with Crippen molar-refractivity contribution in [2.24, 2.45) is 0 Å². The quantitative estimate of drug-likeness (QED) is 0.234. The Labute approximate surface area is 237 Å². The van der Waals surface area contributed by atoms with E-state index in [4.69, 9.17) is 14.2 Å². The van der Waals surface area contributed by atoms with Gasteiger partial charge in [-0.2, -0.15) is 0 Å². The Morgan fingerprint density at radius 3 is 2.40 bits per heavy atom. The fourth-order valence-corrected chi connectivity index (χ4v) is 4.85. The molecule has 0 aromatic heterocycles. The highest BCUT2D eigenvalue weighted by Gasteiger charge is 2.33. The van der Waals surface area contributed by atoms with Gasteiger partial charge in [0.15, 0.2) is 0 Å². The molecule has 0 fully saturated rings. The molecular formula is C33H40N2O5. The Kier molecular flexibility index (Phi) is 9.98. The van der Waals surface area contributed by atoms with Crippen molar-refractivity contribution in [3.63, 3.8) is 0 Å². The Bertz CT molecular complexity index is 1240. The first-order valence-corrected chi connectivity index (χ1v) is 13.8. The van der Waals surface area contributed by atoms with Crippen molar-refractivity contribution >= 4 is 6.09 Å². The third kappa shape index (κ3) is 8.42. The number of benzene rings is 3. The van der Waals surface area contributed by atoms with Crippen molar-refractivity contribution in [1.29, 1.82) is 0 Å². The standard InChI is InChI=1S/C33H40N2O5/c1-5-18-38-31-21-28(27-20-25(16-17-26(27)31)39-24-14-10-7-11-15-24)34-22-30(36)29(19-23-12-8-6-9-13-23)35-32(37)40-33(2,3)4/h5-17,20,28-31,34,36H,1,18-19,21-22H2,2-4H3,(H,35,37)/t28?,29-,30+,31?/m0/s1. The van der Waals surface area contributed by atoms with Gasteiger partial charge in [0.2, 0.25) is 0 Å². The van der Waals surface area contributed by atoms with E-state index in [0.717, 1.165) is 28.2 Å². The fraction of sp³-hybridized carbons (Fsp3) is 0.364. The lowest BCUT2D eigenvalue weighted by Gasteiger charge is -2.28. The number of rotatable bonds is 12. The first-order valence-electron chi connectivity index (χ1n) is 13.8. The van der Waals surface area contributed by atoms with Gasteiger partial charge in [-0.3, -0.25) is 0 Å². The lowest BCUT2D eigenvalue weighted by molar-refractivity contribution is 0.0415. The van der Waals surface area contributed by atoms with Crippen LogP contribution in [0.15, 0.2) is 91.5 Å². The number of carbonyl (C=O) groups excluding carboxylic acids is 1. The van der Waals surface area contributed by atoms with Crippen LogP contribution in [0.1, 0.15) is 56.0 Å². The van der Waals surface area contributed by atoms with Crippen molar-refractivity contribution in [3.8, 4) is 11.5 Å². The Morgan fingerprint density at radius 2 is 1.73 bits per heavy atom. The third-order valence-electron chi connectivity index (χ3n) is 6.66. The lowest BCUT2D eigenvalue weighted by Crippen LogP contribution is -2.50. The second-order valence-corrected chi connectivity index (χ2v) is 11.0. The van der Waals surface area contributed by atoms with Gasteiger partial charge in [0.25, 0.3) is 0 Å². The molecule has 1 aliphatic carbocycles. The minimum absolute atomic E-state index is 0.0716. The number of amides is 1. The molecule has 7 nitrogen and oxygen atoms in total. The van der Waals surface area contributed by atoms with Crippen molar-refractivity contribution in [2.45, 2.75) is 63.5 Å². The van der Waals surface area contributed by atoms with E-state index in [2.05, 4.69) is 17.2 Å². The summed E-state index contributed by atoms with van der Waals surface area (Å²) in [4.78, 5) is 12.6. The number of fused-ring (bicyclic) bond motifs is 1. The van der Waals surface area contributed by atoms with Crippen LogP contribution < -0.4 is 15.4 Å². The maximum absolute atomic E-state index is 12.6. The highest BCUT2D eigenvalue weighted by molar-refractivity contribution is 5.68. The number of ether oxygens (including phenoxy) is 3. The molecule has 0 radical (unpaired) electrons. The molecule has 1 amide bonds. The number of carbonyl (C=O) groups is 1. The molecule has 3 aromatic carbocycles. The molecule has 40 heavy (non-hydrogen) atoms. The molecule has 0 aliphatic heterocycles. The molecule has 1 aliphatic rings. The van der Waals surface area contributed by atoms with E-state index in [1.54, 1.807) is 6.08 Å². The number of para-hydroxylation sites is 1. The molecule has 0 heterocycles. The average Bonchev–Trinajstić information content (AvgIpc) is 3.27. The van der Waals surface area contributed by atoms with Crippen LogP contribution in [-0.4, -0.2) is 42.1 Å². The number of nitrogens with one attached hydrogen (secondary N) is 2. The Hall–Kier alpha value is -3.65. The summed E-state index contributed by atoms with van der Waals surface area (Å²) in [6.45, 7) is 9.93. The zero-order valence-corrected chi connectivity index (χ0v) is 23.5. The second-order valence-electron chi connectivity index (χ2n) is 11.0. The molecular weight excluding hydrogens is 504 g/mol. The summed E-state index contributed by atoms with van der Waals surface area (Å²) in [6.07, 6.45) is 1.38. The van der Waals surface area contributed by atoms with E-state index in [1.165, 1.54) is 0 Å². The minimum Gasteiger partial charge on any atom is -0.457 e. The van der Waals surface area contributed by atoms with E-state index < -0.39 is 23.8 Å². The summed E-state index contributed by atoms with van der Waals surface area (Å²) in [5, 5.41) is 17.7. The van der Waals surface area contributed by atoms with Crippen LogP contribution >= 0.6 is 0 Å². The van der Waals surface area contributed by atoms with Crippen LogP contribution in [0.25, 0.3) is 0 Å². The number of aliphatic hydroxyl groups is 1. The highest BCUT2D eigenvalue weighted by atomic mass is 16.6. The van der Waals surface area contributed by atoms with Crippen LogP contribution in [0.4, 0.5) is 4.79 Å². The zero-order valence-electron chi connectivity index (χ0n) is 23.5. The fourth-order valence-electron chi connectivity index (χ4n) is 4.85. The zero-order chi connectivity index (χ0) is 28.5. The average molecular weight is 545 g/mol. The maximum Gasteiger partial charge on any atom is 0.407 e. The molecule has 3 N–H and O–H groups in total. The van der Waals surface area contributed by atoms with Gasteiger partial charge in [-0.15, -0.1) is 6.58 Å². The summed E-state index contributed by atoms with van der Waals surface area (Å²) < 4.78 is 17.6. The lowest BCUT2D eigenvalue weighted by atomic mass is 10.0. The molecule has 7 heteroatoms. The molecule has 0 bridgehead atoms. The van der Waals surface area contributed by atoms with Crippen molar-refractivity contribution in [3.05, 3.63) is 108 Å². The van der Waals surface area contributed by atoms with Gasteiger partial charge in [-0.25, -0.2) is 4.79 Å². The first kappa shape index (κ1) is 29.3. The molecule has 2 unspecified atom stereocenters. The second kappa shape index (κ2) is 13.6. The molecule has 3 aromatic rings. The monoisotopic (exact) mass is 544 g/mol. The Balaban J connectivity index is 1.48. The Morgan fingerprint density at radius 1 is 1.02 bits per heavy atom. The molecule has 0 saturated heterocycles. The van der Waals surface area contributed by atoms with Crippen molar-refractivity contribution in [2.75, 3.05) is 13.2 Å². The van der Waals surface area contributed by atoms with Gasteiger partial charge in [0.1, 0.15) is 17.1 Å². The summed E-state index contributed by atoms with van der Waals surface area (Å²) >= 11 is 0. The summed E-state index contributed by atoms with van der Waals surface area (Å²) in [5.41, 5.74) is 2.52. The van der Waals surface area contributed by atoms with Gasteiger partial charge < -0.3 is 30.0 Å². The molecule has 212 valence electrons. The number of alkyl carbamates (subject to hydrolysis) is 1. The van der Waals surface area contributed by atoms with Crippen LogP contribution in [0.3, 0.4) is 0 Å². The summed E-state index contributed by atoms with van der Waals surface area (Å²) in [5.74, 6) is 1.49. The topological polar surface area (TPSA) is 89.1 Å². The van der Waals surface area contributed by atoms with Gasteiger partial charge in [-0.1, -0.05) is 60.7 Å². The van der Waals surface area contributed by atoms with Gasteiger partial charge in [-0.05, 0) is 74.6 Å². The van der Waals surface area contributed by atoms with Crippen molar-refractivity contribution < 1.29 is 24.1 Å². The minimum atomic E-state index is -0.868. The third-order valence-corrected chi connectivity index (χ3v) is 6.66. The predicted octanol–water partition coefficient (Wildman–Crippen LogP) is 6.25. The van der Waals surface area contributed by atoms with Gasteiger partial charge >= 0.3 is 6.09 Å². The molecule has 0 saturated carbocycles.